The average molecular weight is 334 g/mol. The number of nitrogens with zero attached hydrogens (tertiary/aromatic N) is 2. The molecule has 3 N–H and O–H groups in total. The highest BCUT2D eigenvalue weighted by molar-refractivity contribution is 5.82. The minimum Gasteiger partial charge on any atom is -0.355 e. The number of benzene rings is 1. The largest absolute Gasteiger partial charge is 0.355 e. The van der Waals surface area contributed by atoms with Crippen molar-refractivity contribution in [2.24, 2.45) is 11.7 Å². The summed E-state index contributed by atoms with van der Waals surface area (Å²) in [5.41, 5.74) is 5.71. The Morgan fingerprint density at radius 1 is 1.38 bits per heavy atom. The fourth-order valence-electron chi connectivity index (χ4n) is 2.87. The van der Waals surface area contributed by atoms with Gasteiger partial charge in [0.1, 0.15) is 0 Å². The van der Waals surface area contributed by atoms with Gasteiger partial charge in [-0.3, -0.25) is 19.7 Å². The van der Waals surface area contributed by atoms with Gasteiger partial charge in [0.2, 0.25) is 11.8 Å². The van der Waals surface area contributed by atoms with E-state index < -0.39 is 4.92 Å². The Morgan fingerprint density at radius 2 is 2.12 bits per heavy atom. The summed E-state index contributed by atoms with van der Waals surface area (Å²) in [6.07, 6.45) is 1.43. The van der Waals surface area contributed by atoms with Crippen molar-refractivity contribution in [2.75, 3.05) is 26.2 Å². The van der Waals surface area contributed by atoms with E-state index in [2.05, 4.69) is 5.32 Å². The fourth-order valence-corrected chi connectivity index (χ4v) is 2.87. The van der Waals surface area contributed by atoms with E-state index in [0.29, 0.717) is 31.7 Å². The first-order valence-electron chi connectivity index (χ1n) is 8.00. The smallest absolute Gasteiger partial charge is 0.273 e. The summed E-state index contributed by atoms with van der Waals surface area (Å²) in [6.45, 7) is 1.70. The monoisotopic (exact) mass is 334 g/mol. The Labute approximate surface area is 140 Å². The topological polar surface area (TPSA) is 119 Å². The summed E-state index contributed by atoms with van der Waals surface area (Å²) in [4.78, 5) is 36.7. The number of nitrogens with two attached hydrogens (primary N) is 1. The molecule has 2 amide bonds. The number of carbonyl (C=O) groups excluding carboxylic acids is 2. The third-order valence-electron chi connectivity index (χ3n) is 4.12. The fraction of sp³-hybridized carbons (Fsp3) is 0.500. The lowest BCUT2D eigenvalue weighted by Gasteiger charge is -2.32. The van der Waals surface area contributed by atoms with Crippen LogP contribution >= 0.6 is 0 Å². The van der Waals surface area contributed by atoms with E-state index in [0.717, 1.165) is 12.8 Å². The third kappa shape index (κ3) is 4.51. The number of hydrogen-bond acceptors (Lipinski definition) is 5. The first-order valence-corrected chi connectivity index (χ1v) is 8.00. The molecule has 0 spiro atoms. The van der Waals surface area contributed by atoms with Crippen LogP contribution in [-0.2, 0) is 16.0 Å². The molecule has 0 bridgehead atoms. The predicted octanol–water partition coefficient (Wildman–Crippen LogP) is 0.451. The molecule has 1 aliphatic rings. The van der Waals surface area contributed by atoms with Gasteiger partial charge in [-0.05, 0) is 12.8 Å². The second kappa shape index (κ2) is 8.39. The molecule has 0 saturated carbocycles. The van der Waals surface area contributed by atoms with Gasteiger partial charge in [0.05, 0.1) is 17.3 Å². The molecular formula is C16H22N4O4. The van der Waals surface area contributed by atoms with Crippen molar-refractivity contribution in [3.63, 3.8) is 0 Å². The number of para-hydroxylation sites is 1. The highest BCUT2D eigenvalue weighted by atomic mass is 16.6. The number of hydrogen-bond donors (Lipinski definition) is 2. The molecule has 8 heteroatoms. The van der Waals surface area contributed by atoms with Crippen LogP contribution < -0.4 is 11.1 Å². The molecule has 1 fully saturated rings. The molecule has 0 radical (unpaired) electrons. The van der Waals surface area contributed by atoms with Gasteiger partial charge in [0, 0.05) is 37.8 Å². The minimum absolute atomic E-state index is 0.0334. The number of amides is 2. The molecule has 1 aromatic rings. The average Bonchev–Trinajstić information content (AvgIpc) is 2.60. The van der Waals surface area contributed by atoms with Crippen molar-refractivity contribution in [3.8, 4) is 0 Å². The van der Waals surface area contributed by atoms with Gasteiger partial charge >= 0.3 is 0 Å². The van der Waals surface area contributed by atoms with E-state index in [1.165, 1.54) is 6.07 Å². The molecule has 0 aliphatic carbocycles. The first-order chi connectivity index (χ1) is 11.5. The molecule has 1 aliphatic heterocycles. The first kappa shape index (κ1) is 17.9. The number of likely N-dealkylation sites (tertiary alicyclic amines) is 1. The maximum absolute atomic E-state index is 12.5. The quantitative estimate of drug-likeness (QED) is 0.578. The maximum atomic E-state index is 12.5. The molecule has 1 aromatic carbocycles. The summed E-state index contributed by atoms with van der Waals surface area (Å²) in [6, 6.07) is 6.23. The van der Waals surface area contributed by atoms with Crippen molar-refractivity contribution in [1.29, 1.82) is 0 Å². The Hall–Kier alpha value is -2.48. The molecule has 1 atom stereocenters. The summed E-state index contributed by atoms with van der Waals surface area (Å²) in [5, 5.41) is 13.8. The number of carbonyl (C=O) groups is 2. The maximum Gasteiger partial charge on any atom is 0.273 e. The summed E-state index contributed by atoms with van der Waals surface area (Å²) >= 11 is 0. The number of rotatable bonds is 6. The molecule has 130 valence electrons. The van der Waals surface area contributed by atoms with Crippen LogP contribution in [0.4, 0.5) is 5.69 Å². The highest BCUT2D eigenvalue weighted by Crippen LogP contribution is 2.21. The number of nitro benzene ring substituents is 1. The molecule has 1 heterocycles. The molecule has 1 unspecified atom stereocenters. The van der Waals surface area contributed by atoms with E-state index in [-0.39, 0.29) is 29.8 Å². The molecular weight excluding hydrogens is 312 g/mol. The van der Waals surface area contributed by atoms with Crippen LogP contribution in [0.3, 0.4) is 0 Å². The second-order valence-electron chi connectivity index (χ2n) is 5.82. The zero-order valence-corrected chi connectivity index (χ0v) is 13.4. The van der Waals surface area contributed by atoms with Gasteiger partial charge in [-0.2, -0.15) is 0 Å². The molecule has 2 rings (SSSR count). The van der Waals surface area contributed by atoms with Crippen molar-refractivity contribution in [2.45, 2.75) is 19.3 Å². The molecule has 24 heavy (non-hydrogen) atoms. The van der Waals surface area contributed by atoms with Crippen molar-refractivity contribution >= 4 is 17.5 Å². The zero-order chi connectivity index (χ0) is 17.5. The van der Waals surface area contributed by atoms with Gasteiger partial charge in [0.15, 0.2) is 0 Å². The van der Waals surface area contributed by atoms with Crippen molar-refractivity contribution in [1.82, 2.24) is 10.2 Å². The Morgan fingerprint density at radius 3 is 2.83 bits per heavy atom. The molecule has 8 nitrogen and oxygen atoms in total. The van der Waals surface area contributed by atoms with Gasteiger partial charge in [-0.15, -0.1) is 0 Å². The van der Waals surface area contributed by atoms with Crippen LogP contribution in [0, 0.1) is 16.0 Å². The van der Waals surface area contributed by atoms with Gasteiger partial charge < -0.3 is 16.0 Å². The molecule has 1 saturated heterocycles. The van der Waals surface area contributed by atoms with Crippen LogP contribution in [0.2, 0.25) is 0 Å². The predicted molar refractivity (Wildman–Crippen MR) is 88.2 cm³/mol. The lowest BCUT2D eigenvalue weighted by Crippen LogP contribution is -2.46. The Bertz CT molecular complexity index is 620. The van der Waals surface area contributed by atoms with E-state index in [1.807, 2.05) is 0 Å². The standard InChI is InChI=1S/C16H22N4O4/c17-7-8-18-16(22)13-5-3-9-19(11-13)15(21)10-12-4-1-2-6-14(12)20(23)24/h1-2,4,6,13H,3,5,7-11,17H2,(H,18,22). The Balaban J connectivity index is 2.00. The summed E-state index contributed by atoms with van der Waals surface area (Å²) in [7, 11) is 0. The van der Waals surface area contributed by atoms with E-state index >= 15 is 0 Å². The molecule has 0 aromatic heterocycles. The van der Waals surface area contributed by atoms with Crippen LogP contribution in [0.1, 0.15) is 18.4 Å². The number of piperidine rings is 1. The van der Waals surface area contributed by atoms with E-state index in [9.17, 15) is 19.7 Å². The van der Waals surface area contributed by atoms with Crippen LogP contribution in [0.25, 0.3) is 0 Å². The number of nitrogens with one attached hydrogen (secondary N) is 1. The SMILES string of the molecule is NCCNC(=O)C1CCCN(C(=O)Cc2ccccc2[N+](=O)[O-])C1. The van der Waals surface area contributed by atoms with Gasteiger partial charge in [-0.1, -0.05) is 18.2 Å². The summed E-state index contributed by atoms with van der Waals surface area (Å²) in [5.74, 6) is -0.538. The van der Waals surface area contributed by atoms with E-state index in [4.69, 9.17) is 5.73 Å². The second-order valence-corrected chi connectivity index (χ2v) is 5.82. The van der Waals surface area contributed by atoms with Crippen LogP contribution in [0.15, 0.2) is 24.3 Å². The normalized spacial score (nSPS) is 17.4. The van der Waals surface area contributed by atoms with Crippen molar-refractivity contribution < 1.29 is 14.5 Å². The lowest BCUT2D eigenvalue weighted by molar-refractivity contribution is -0.385. The van der Waals surface area contributed by atoms with Crippen molar-refractivity contribution in [3.05, 3.63) is 39.9 Å². The lowest BCUT2D eigenvalue weighted by atomic mass is 9.96. The van der Waals surface area contributed by atoms with Gasteiger partial charge in [0.25, 0.3) is 5.69 Å². The third-order valence-corrected chi connectivity index (χ3v) is 4.12. The van der Waals surface area contributed by atoms with E-state index in [1.54, 1.807) is 23.1 Å². The van der Waals surface area contributed by atoms with Crippen LogP contribution in [0.5, 0.6) is 0 Å². The minimum atomic E-state index is -0.484. The van der Waals surface area contributed by atoms with Crippen LogP contribution in [-0.4, -0.2) is 47.8 Å². The zero-order valence-electron chi connectivity index (χ0n) is 13.4. The summed E-state index contributed by atoms with van der Waals surface area (Å²) < 4.78 is 0. The highest BCUT2D eigenvalue weighted by Gasteiger charge is 2.29. The Kier molecular flexibility index (Phi) is 6.25. The van der Waals surface area contributed by atoms with Gasteiger partial charge in [-0.25, -0.2) is 0 Å². The number of nitro groups is 1.